The number of carbonyl (C=O) groups is 1. The molecule has 1 amide bonds. The van der Waals surface area contributed by atoms with Gasteiger partial charge in [0, 0.05) is 24.5 Å². The molecule has 0 aromatic heterocycles. The normalized spacial score (nSPS) is 24.1. The maximum Gasteiger partial charge on any atom is 0.238 e. The van der Waals surface area contributed by atoms with Crippen LogP contribution in [0.2, 0.25) is 0 Å². The number of anilines is 2. The summed E-state index contributed by atoms with van der Waals surface area (Å²) >= 11 is 0. The van der Waals surface area contributed by atoms with Crippen LogP contribution in [0.1, 0.15) is 13.3 Å². The van der Waals surface area contributed by atoms with Crippen LogP contribution in [0.3, 0.4) is 0 Å². The molecule has 1 heterocycles. The molecule has 2 atom stereocenters. The number of aliphatic hydroxyl groups excluding tert-OH is 1. The van der Waals surface area contributed by atoms with Crippen LogP contribution in [-0.4, -0.2) is 41.7 Å². The lowest BCUT2D eigenvalue weighted by atomic mass is 9.97. The van der Waals surface area contributed by atoms with E-state index in [1.54, 1.807) is 12.1 Å². The molecule has 5 heteroatoms. The average Bonchev–Trinajstić information content (AvgIpc) is 2.34. The van der Waals surface area contributed by atoms with Gasteiger partial charge in [-0.1, -0.05) is 13.0 Å². The van der Waals surface area contributed by atoms with Gasteiger partial charge in [0.25, 0.3) is 0 Å². The summed E-state index contributed by atoms with van der Waals surface area (Å²) in [6.07, 6.45) is 0.487. The number of likely N-dealkylation sites (tertiary alicyclic amines) is 1. The van der Waals surface area contributed by atoms with Crippen LogP contribution in [0.5, 0.6) is 0 Å². The quantitative estimate of drug-likeness (QED) is 0.708. The molecule has 0 saturated carbocycles. The molecule has 1 aliphatic rings. The van der Waals surface area contributed by atoms with Crippen LogP contribution in [0.15, 0.2) is 24.3 Å². The highest BCUT2D eigenvalue weighted by Gasteiger charge is 2.25. The fourth-order valence-corrected chi connectivity index (χ4v) is 2.38. The minimum absolute atomic E-state index is 0.0470. The zero-order valence-electron chi connectivity index (χ0n) is 11.2. The van der Waals surface area contributed by atoms with Crippen molar-refractivity contribution >= 4 is 17.3 Å². The van der Waals surface area contributed by atoms with E-state index in [0.717, 1.165) is 25.2 Å². The summed E-state index contributed by atoms with van der Waals surface area (Å²) in [6, 6.07) is 7.14. The minimum atomic E-state index is -0.242. The fraction of sp³-hybridized carbons (Fsp3) is 0.500. The SMILES string of the molecule is CC1CN(CC(=O)Nc2cccc(N)c2)CCC1O. The third-order valence-corrected chi connectivity index (χ3v) is 3.48. The van der Waals surface area contributed by atoms with Crippen molar-refractivity contribution in [3.63, 3.8) is 0 Å². The summed E-state index contributed by atoms with van der Waals surface area (Å²) in [5, 5.41) is 12.5. The van der Waals surface area contributed by atoms with E-state index in [9.17, 15) is 9.90 Å². The van der Waals surface area contributed by atoms with E-state index < -0.39 is 0 Å². The third-order valence-electron chi connectivity index (χ3n) is 3.48. The van der Waals surface area contributed by atoms with Gasteiger partial charge >= 0.3 is 0 Å². The van der Waals surface area contributed by atoms with Gasteiger partial charge in [-0.05, 0) is 30.5 Å². The Kier molecular flexibility index (Phi) is 4.39. The highest BCUT2D eigenvalue weighted by Crippen LogP contribution is 2.16. The van der Waals surface area contributed by atoms with Gasteiger partial charge in [0.2, 0.25) is 5.91 Å². The largest absolute Gasteiger partial charge is 0.399 e. The molecule has 4 N–H and O–H groups in total. The first-order valence-electron chi connectivity index (χ1n) is 6.60. The fourth-order valence-electron chi connectivity index (χ4n) is 2.38. The Bertz CT molecular complexity index is 450. The van der Waals surface area contributed by atoms with Crippen LogP contribution in [0, 0.1) is 5.92 Å². The number of hydrogen-bond acceptors (Lipinski definition) is 4. The Hall–Kier alpha value is -1.59. The summed E-state index contributed by atoms with van der Waals surface area (Å²) in [6.45, 7) is 3.87. The molecule has 0 aliphatic carbocycles. The number of benzene rings is 1. The lowest BCUT2D eigenvalue weighted by molar-refractivity contribution is -0.118. The molecule has 2 rings (SSSR count). The summed E-state index contributed by atoms with van der Waals surface area (Å²) in [5.74, 6) is 0.170. The maximum absolute atomic E-state index is 11.9. The van der Waals surface area contributed by atoms with Crippen molar-refractivity contribution < 1.29 is 9.90 Å². The van der Waals surface area contributed by atoms with Gasteiger partial charge in [-0.15, -0.1) is 0 Å². The molecule has 1 aromatic rings. The molecule has 1 saturated heterocycles. The number of nitrogens with one attached hydrogen (secondary N) is 1. The number of nitrogens with two attached hydrogens (primary N) is 1. The minimum Gasteiger partial charge on any atom is -0.399 e. The molecule has 1 aliphatic heterocycles. The zero-order valence-corrected chi connectivity index (χ0v) is 11.2. The topological polar surface area (TPSA) is 78.6 Å². The number of amides is 1. The van der Waals surface area contributed by atoms with E-state index in [1.807, 2.05) is 19.1 Å². The van der Waals surface area contributed by atoms with E-state index >= 15 is 0 Å². The van der Waals surface area contributed by atoms with Gasteiger partial charge in [-0.25, -0.2) is 0 Å². The molecule has 0 radical (unpaired) electrons. The predicted octanol–water partition coefficient (Wildman–Crippen LogP) is 0.910. The van der Waals surface area contributed by atoms with Gasteiger partial charge < -0.3 is 16.2 Å². The number of carbonyl (C=O) groups excluding carboxylic acids is 1. The van der Waals surface area contributed by atoms with Crippen LogP contribution < -0.4 is 11.1 Å². The molecule has 2 unspecified atom stereocenters. The Morgan fingerprint density at radius 1 is 1.58 bits per heavy atom. The molecule has 0 spiro atoms. The standard InChI is InChI=1S/C14H21N3O2/c1-10-8-17(6-5-13(10)18)9-14(19)16-12-4-2-3-11(15)7-12/h2-4,7,10,13,18H,5-6,8-9,15H2,1H3,(H,16,19). The molecule has 1 fully saturated rings. The zero-order chi connectivity index (χ0) is 13.8. The van der Waals surface area contributed by atoms with Crippen molar-refractivity contribution in [3.8, 4) is 0 Å². The van der Waals surface area contributed by atoms with Crippen LogP contribution >= 0.6 is 0 Å². The monoisotopic (exact) mass is 263 g/mol. The Labute approximate surface area is 113 Å². The first-order valence-corrected chi connectivity index (χ1v) is 6.60. The average molecular weight is 263 g/mol. The number of nitrogen functional groups attached to an aromatic ring is 1. The molecule has 0 bridgehead atoms. The summed E-state index contributed by atoms with van der Waals surface area (Å²) in [7, 11) is 0. The molecule has 1 aromatic carbocycles. The second-order valence-electron chi connectivity index (χ2n) is 5.24. The summed E-state index contributed by atoms with van der Waals surface area (Å²) < 4.78 is 0. The number of piperidine rings is 1. The second kappa shape index (κ2) is 6.04. The van der Waals surface area contributed by atoms with Crippen LogP contribution in [0.4, 0.5) is 11.4 Å². The molecule has 19 heavy (non-hydrogen) atoms. The van der Waals surface area contributed by atoms with E-state index in [2.05, 4.69) is 10.2 Å². The lowest BCUT2D eigenvalue weighted by Gasteiger charge is -2.33. The van der Waals surface area contributed by atoms with Gasteiger partial charge in [-0.3, -0.25) is 9.69 Å². The second-order valence-corrected chi connectivity index (χ2v) is 5.24. The van der Waals surface area contributed by atoms with E-state index in [-0.39, 0.29) is 17.9 Å². The molecule has 104 valence electrons. The maximum atomic E-state index is 11.9. The molecular formula is C14H21N3O2. The molecular weight excluding hydrogens is 242 g/mol. The predicted molar refractivity (Wildman–Crippen MR) is 75.7 cm³/mol. The van der Waals surface area contributed by atoms with Crippen molar-refractivity contribution in [2.45, 2.75) is 19.4 Å². The number of hydrogen-bond donors (Lipinski definition) is 3. The molecule has 5 nitrogen and oxygen atoms in total. The van der Waals surface area contributed by atoms with Crippen LogP contribution in [0.25, 0.3) is 0 Å². The Morgan fingerprint density at radius 2 is 2.37 bits per heavy atom. The van der Waals surface area contributed by atoms with E-state index in [1.165, 1.54) is 0 Å². The van der Waals surface area contributed by atoms with E-state index in [0.29, 0.717) is 12.2 Å². The first-order chi connectivity index (χ1) is 9.04. The first kappa shape index (κ1) is 13.8. The van der Waals surface area contributed by atoms with Crippen molar-refractivity contribution in [2.75, 3.05) is 30.7 Å². The highest BCUT2D eigenvalue weighted by atomic mass is 16.3. The Balaban J connectivity index is 1.85. The Morgan fingerprint density at radius 3 is 3.05 bits per heavy atom. The van der Waals surface area contributed by atoms with Gasteiger partial charge in [0.15, 0.2) is 0 Å². The lowest BCUT2D eigenvalue weighted by Crippen LogP contribution is -2.45. The summed E-state index contributed by atoms with van der Waals surface area (Å²) in [5.41, 5.74) is 7.01. The highest BCUT2D eigenvalue weighted by molar-refractivity contribution is 5.92. The third kappa shape index (κ3) is 3.94. The summed E-state index contributed by atoms with van der Waals surface area (Å²) in [4.78, 5) is 14.0. The van der Waals surface area contributed by atoms with Gasteiger partial charge in [0.1, 0.15) is 0 Å². The number of aliphatic hydroxyl groups is 1. The van der Waals surface area contributed by atoms with Crippen molar-refractivity contribution in [1.82, 2.24) is 4.90 Å². The van der Waals surface area contributed by atoms with Crippen molar-refractivity contribution in [3.05, 3.63) is 24.3 Å². The van der Waals surface area contributed by atoms with Crippen molar-refractivity contribution in [1.29, 1.82) is 0 Å². The van der Waals surface area contributed by atoms with Crippen molar-refractivity contribution in [2.24, 2.45) is 5.92 Å². The van der Waals surface area contributed by atoms with Gasteiger partial charge in [-0.2, -0.15) is 0 Å². The van der Waals surface area contributed by atoms with Crippen LogP contribution in [-0.2, 0) is 4.79 Å². The smallest absolute Gasteiger partial charge is 0.238 e. The van der Waals surface area contributed by atoms with E-state index in [4.69, 9.17) is 5.73 Å². The number of nitrogens with zero attached hydrogens (tertiary/aromatic N) is 1. The van der Waals surface area contributed by atoms with Gasteiger partial charge in [0.05, 0.1) is 12.6 Å². The number of rotatable bonds is 3.